The Labute approximate surface area is 111 Å². The number of cyclic esters (lactones) is 1. The van der Waals surface area contributed by atoms with E-state index in [1.807, 2.05) is 26.0 Å². The fourth-order valence-electron chi connectivity index (χ4n) is 2.56. The molecular weight excluding hydrogens is 246 g/mol. The van der Waals surface area contributed by atoms with Gasteiger partial charge in [0.1, 0.15) is 24.2 Å². The molecule has 2 unspecified atom stereocenters. The number of carbonyl (C=O) groups excluding carboxylic acids is 1. The van der Waals surface area contributed by atoms with E-state index in [4.69, 9.17) is 14.2 Å². The molecule has 1 amide bonds. The third-order valence-electron chi connectivity index (χ3n) is 3.38. The second-order valence-electron chi connectivity index (χ2n) is 4.86. The van der Waals surface area contributed by atoms with Crippen LogP contribution in [0, 0.1) is 0 Å². The molecule has 0 aromatic heterocycles. The summed E-state index contributed by atoms with van der Waals surface area (Å²) >= 11 is 0. The van der Waals surface area contributed by atoms with E-state index in [9.17, 15) is 4.79 Å². The SMILES string of the molecule is CCOc1cc2c(cc1C1COC(=O)N1)OC(C)C2. The maximum Gasteiger partial charge on any atom is 0.407 e. The summed E-state index contributed by atoms with van der Waals surface area (Å²) in [4.78, 5) is 11.2. The van der Waals surface area contributed by atoms with Gasteiger partial charge in [0.25, 0.3) is 0 Å². The molecule has 0 aliphatic carbocycles. The number of rotatable bonds is 3. The number of nitrogens with one attached hydrogen (secondary N) is 1. The van der Waals surface area contributed by atoms with Gasteiger partial charge in [-0.3, -0.25) is 0 Å². The number of fused-ring (bicyclic) bond motifs is 1. The Bertz CT molecular complexity index is 514. The van der Waals surface area contributed by atoms with Crippen molar-refractivity contribution in [2.75, 3.05) is 13.2 Å². The smallest absolute Gasteiger partial charge is 0.407 e. The fraction of sp³-hybridized carbons (Fsp3) is 0.500. The Kier molecular flexibility index (Phi) is 2.97. The molecule has 1 saturated heterocycles. The van der Waals surface area contributed by atoms with Gasteiger partial charge in [-0.15, -0.1) is 0 Å². The fourth-order valence-corrected chi connectivity index (χ4v) is 2.56. The molecule has 1 N–H and O–H groups in total. The van der Waals surface area contributed by atoms with E-state index >= 15 is 0 Å². The van der Waals surface area contributed by atoms with Gasteiger partial charge in [-0.1, -0.05) is 0 Å². The zero-order chi connectivity index (χ0) is 13.4. The summed E-state index contributed by atoms with van der Waals surface area (Å²) in [6.07, 6.45) is 0.694. The van der Waals surface area contributed by atoms with Gasteiger partial charge in [0.15, 0.2) is 0 Å². The van der Waals surface area contributed by atoms with Crippen LogP contribution in [0.1, 0.15) is 31.0 Å². The van der Waals surface area contributed by atoms with Crippen LogP contribution in [0.15, 0.2) is 12.1 Å². The zero-order valence-electron chi connectivity index (χ0n) is 11.1. The highest BCUT2D eigenvalue weighted by Crippen LogP contribution is 2.38. The summed E-state index contributed by atoms with van der Waals surface area (Å²) in [6, 6.07) is 3.81. The predicted molar refractivity (Wildman–Crippen MR) is 68.6 cm³/mol. The quantitative estimate of drug-likeness (QED) is 0.908. The van der Waals surface area contributed by atoms with Gasteiger partial charge in [0.2, 0.25) is 0 Å². The number of ether oxygens (including phenoxy) is 3. The first-order valence-corrected chi connectivity index (χ1v) is 6.57. The molecule has 0 bridgehead atoms. The lowest BCUT2D eigenvalue weighted by Gasteiger charge is -2.15. The van der Waals surface area contributed by atoms with Gasteiger partial charge in [0, 0.05) is 17.5 Å². The molecule has 0 saturated carbocycles. The van der Waals surface area contributed by atoms with E-state index in [-0.39, 0.29) is 18.2 Å². The predicted octanol–water partition coefficient (Wildman–Crippen LogP) is 2.19. The van der Waals surface area contributed by atoms with Crippen LogP contribution < -0.4 is 14.8 Å². The molecule has 1 fully saturated rings. The Morgan fingerprint density at radius 3 is 3.00 bits per heavy atom. The number of amides is 1. The average Bonchev–Trinajstić information content (AvgIpc) is 2.93. The van der Waals surface area contributed by atoms with Crippen molar-refractivity contribution < 1.29 is 19.0 Å². The number of hydrogen-bond acceptors (Lipinski definition) is 4. The first-order chi connectivity index (χ1) is 9.17. The first kappa shape index (κ1) is 12.1. The first-order valence-electron chi connectivity index (χ1n) is 6.57. The Morgan fingerprint density at radius 2 is 2.32 bits per heavy atom. The van der Waals surface area contributed by atoms with Gasteiger partial charge in [-0.2, -0.15) is 0 Å². The molecule has 1 aromatic rings. The lowest BCUT2D eigenvalue weighted by Crippen LogP contribution is -2.19. The molecule has 19 heavy (non-hydrogen) atoms. The lowest BCUT2D eigenvalue weighted by atomic mass is 10.0. The third-order valence-corrected chi connectivity index (χ3v) is 3.38. The Hall–Kier alpha value is -1.91. The topological polar surface area (TPSA) is 56.8 Å². The van der Waals surface area contributed by atoms with Gasteiger partial charge < -0.3 is 19.5 Å². The van der Waals surface area contributed by atoms with Crippen molar-refractivity contribution in [1.29, 1.82) is 0 Å². The lowest BCUT2D eigenvalue weighted by molar-refractivity contribution is 0.176. The number of benzene rings is 1. The molecule has 0 radical (unpaired) electrons. The monoisotopic (exact) mass is 263 g/mol. The highest BCUT2D eigenvalue weighted by Gasteiger charge is 2.30. The van der Waals surface area contributed by atoms with E-state index < -0.39 is 0 Å². The van der Waals surface area contributed by atoms with Crippen molar-refractivity contribution in [3.05, 3.63) is 23.3 Å². The van der Waals surface area contributed by atoms with Crippen LogP contribution in [-0.2, 0) is 11.2 Å². The molecule has 1 aromatic carbocycles. The average molecular weight is 263 g/mol. The summed E-state index contributed by atoms with van der Waals surface area (Å²) < 4.78 is 16.4. The van der Waals surface area contributed by atoms with E-state index in [1.165, 1.54) is 0 Å². The molecule has 102 valence electrons. The summed E-state index contributed by atoms with van der Waals surface area (Å²) in [6.45, 7) is 4.90. The zero-order valence-corrected chi connectivity index (χ0v) is 11.1. The maximum atomic E-state index is 11.2. The number of carbonyl (C=O) groups is 1. The van der Waals surface area contributed by atoms with E-state index in [1.54, 1.807) is 0 Å². The highest BCUT2D eigenvalue weighted by molar-refractivity contribution is 5.70. The minimum Gasteiger partial charge on any atom is -0.493 e. The van der Waals surface area contributed by atoms with Crippen LogP contribution in [0.3, 0.4) is 0 Å². The van der Waals surface area contributed by atoms with Gasteiger partial charge >= 0.3 is 6.09 Å². The van der Waals surface area contributed by atoms with Crippen molar-refractivity contribution in [2.24, 2.45) is 0 Å². The molecule has 5 heteroatoms. The maximum absolute atomic E-state index is 11.2. The van der Waals surface area contributed by atoms with Crippen LogP contribution >= 0.6 is 0 Å². The minimum atomic E-state index is -0.387. The van der Waals surface area contributed by atoms with E-state index in [2.05, 4.69) is 5.32 Å². The Balaban J connectivity index is 1.97. The van der Waals surface area contributed by atoms with Crippen molar-refractivity contribution >= 4 is 6.09 Å². The van der Waals surface area contributed by atoms with Crippen molar-refractivity contribution in [2.45, 2.75) is 32.4 Å². The standard InChI is InChI=1S/C14H17NO4/c1-3-17-13-5-9-4-8(2)19-12(9)6-10(13)11-7-18-14(16)15-11/h5-6,8,11H,3-4,7H2,1-2H3,(H,15,16). The molecule has 5 nitrogen and oxygen atoms in total. The molecule has 2 heterocycles. The van der Waals surface area contributed by atoms with Crippen molar-refractivity contribution in [1.82, 2.24) is 5.32 Å². The number of alkyl carbamates (subject to hydrolysis) is 1. The molecule has 0 spiro atoms. The third kappa shape index (κ3) is 2.20. The summed E-state index contributed by atoms with van der Waals surface area (Å²) in [5.41, 5.74) is 2.07. The van der Waals surface area contributed by atoms with Crippen molar-refractivity contribution in [3.63, 3.8) is 0 Å². The van der Waals surface area contributed by atoms with Crippen LogP contribution in [0.5, 0.6) is 11.5 Å². The normalized spacial score (nSPS) is 24.4. The van der Waals surface area contributed by atoms with Crippen LogP contribution in [0.4, 0.5) is 4.79 Å². The molecule has 2 aliphatic heterocycles. The minimum absolute atomic E-state index is 0.168. The van der Waals surface area contributed by atoms with Crippen molar-refractivity contribution in [3.8, 4) is 11.5 Å². The van der Waals surface area contributed by atoms with Crippen LogP contribution in [0.2, 0.25) is 0 Å². The molecule has 2 atom stereocenters. The summed E-state index contributed by atoms with van der Waals surface area (Å²) in [5, 5.41) is 2.77. The molecule has 2 aliphatic rings. The highest BCUT2D eigenvalue weighted by atomic mass is 16.6. The Morgan fingerprint density at radius 1 is 1.47 bits per heavy atom. The van der Waals surface area contributed by atoms with Crippen LogP contribution in [0.25, 0.3) is 0 Å². The number of hydrogen-bond donors (Lipinski definition) is 1. The summed E-state index contributed by atoms with van der Waals surface area (Å²) in [5.74, 6) is 1.68. The van der Waals surface area contributed by atoms with Crippen LogP contribution in [-0.4, -0.2) is 25.4 Å². The summed E-state index contributed by atoms with van der Waals surface area (Å²) in [7, 11) is 0. The van der Waals surface area contributed by atoms with E-state index in [0.29, 0.717) is 13.2 Å². The second kappa shape index (κ2) is 4.64. The van der Waals surface area contributed by atoms with E-state index in [0.717, 1.165) is 29.0 Å². The second-order valence-corrected chi connectivity index (χ2v) is 4.86. The molecular formula is C14H17NO4. The largest absolute Gasteiger partial charge is 0.493 e. The molecule has 3 rings (SSSR count). The van der Waals surface area contributed by atoms with Gasteiger partial charge in [0.05, 0.1) is 12.6 Å². The van der Waals surface area contributed by atoms with Gasteiger partial charge in [-0.05, 0) is 26.0 Å². The van der Waals surface area contributed by atoms with Gasteiger partial charge in [-0.25, -0.2) is 4.79 Å².